The average Bonchev–Trinajstić information content (AvgIpc) is 2.38. The molecule has 0 saturated heterocycles. The van der Waals surface area contributed by atoms with E-state index in [9.17, 15) is 0 Å². The molecule has 7 heteroatoms. The van der Waals surface area contributed by atoms with Gasteiger partial charge in [0.15, 0.2) is 0 Å². The van der Waals surface area contributed by atoms with E-state index in [2.05, 4.69) is 47.1 Å². The summed E-state index contributed by atoms with van der Waals surface area (Å²) in [7, 11) is 1.62. The number of nitrogen functional groups attached to an aromatic ring is 1. The third kappa shape index (κ3) is 2.98. The van der Waals surface area contributed by atoms with E-state index in [1.165, 1.54) is 6.33 Å². The van der Waals surface area contributed by atoms with E-state index < -0.39 is 0 Å². The van der Waals surface area contributed by atoms with Crippen molar-refractivity contribution in [2.45, 2.75) is 6.92 Å². The molecule has 1 aromatic carbocycles. The van der Waals surface area contributed by atoms with E-state index in [-0.39, 0.29) is 0 Å². The second kappa shape index (κ2) is 5.75. The van der Waals surface area contributed by atoms with Crippen LogP contribution < -0.4 is 15.8 Å². The Morgan fingerprint density at radius 3 is 2.63 bits per heavy atom. The van der Waals surface area contributed by atoms with Gasteiger partial charge in [-0.2, -0.15) is 0 Å². The molecule has 19 heavy (non-hydrogen) atoms. The standard InChI is InChI=1S/C12H12Br2N4O/c1-6-11(15)16-5-17-12(6)18-9-4-10(19-2)8(14)3-7(9)13/h3-5H,1-2H3,(H3,15,16,17,18). The Morgan fingerprint density at radius 2 is 1.95 bits per heavy atom. The Balaban J connectivity index is 2.41. The number of aromatic nitrogens is 2. The van der Waals surface area contributed by atoms with Crippen LogP contribution in [0.1, 0.15) is 5.56 Å². The average molecular weight is 388 g/mol. The zero-order valence-corrected chi connectivity index (χ0v) is 13.5. The number of halogens is 2. The summed E-state index contributed by atoms with van der Waals surface area (Å²) in [6, 6.07) is 3.77. The Hall–Kier alpha value is -1.34. The maximum atomic E-state index is 5.76. The van der Waals surface area contributed by atoms with Crippen LogP contribution in [0.5, 0.6) is 5.75 Å². The fraction of sp³-hybridized carbons (Fsp3) is 0.167. The molecule has 0 aliphatic carbocycles. The molecule has 0 aliphatic rings. The maximum absolute atomic E-state index is 5.76. The molecule has 0 radical (unpaired) electrons. The van der Waals surface area contributed by atoms with Gasteiger partial charge in [-0.05, 0) is 44.8 Å². The van der Waals surface area contributed by atoms with E-state index in [0.717, 1.165) is 25.9 Å². The predicted molar refractivity (Wildman–Crippen MR) is 82.9 cm³/mol. The number of benzene rings is 1. The third-order valence-corrected chi connectivity index (χ3v) is 3.89. The summed E-state index contributed by atoms with van der Waals surface area (Å²) >= 11 is 6.91. The van der Waals surface area contributed by atoms with Crippen LogP contribution in [0.4, 0.5) is 17.3 Å². The summed E-state index contributed by atoms with van der Waals surface area (Å²) in [5, 5.41) is 3.20. The fourth-order valence-corrected chi connectivity index (χ4v) is 2.75. The molecule has 2 rings (SSSR count). The van der Waals surface area contributed by atoms with E-state index in [1.54, 1.807) is 7.11 Å². The summed E-state index contributed by atoms with van der Waals surface area (Å²) in [6.45, 7) is 1.86. The van der Waals surface area contributed by atoms with Gasteiger partial charge in [-0.3, -0.25) is 0 Å². The monoisotopic (exact) mass is 386 g/mol. The minimum Gasteiger partial charge on any atom is -0.495 e. The minimum absolute atomic E-state index is 0.456. The highest BCUT2D eigenvalue weighted by atomic mass is 79.9. The molecular formula is C12H12Br2N4O. The molecular weight excluding hydrogens is 376 g/mol. The van der Waals surface area contributed by atoms with Crippen LogP contribution in [0.25, 0.3) is 0 Å². The van der Waals surface area contributed by atoms with Crippen molar-refractivity contribution in [1.29, 1.82) is 0 Å². The van der Waals surface area contributed by atoms with Crippen molar-refractivity contribution in [3.05, 3.63) is 33.0 Å². The molecule has 1 heterocycles. The first-order chi connectivity index (χ1) is 9.02. The largest absolute Gasteiger partial charge is 0.495 e. The summed E-state index contributed by atoms with van der Waals surface area (Å²) < 4.78 is 7.02. The Bertz CT molecular complexity index is 619. The van der Waals surface area contributed by atoms with E-state index in [1.807, 2.05) is 19.1 Å². The normalized spacial score (nSPS) is 10.3. The molecule has 0 bridgehead atoms. The first-order valence-corrected chi connectivity index (χ1v) is 6.98. The quantitative estimate of drug-likeness (QED) is 0.840. The molecule has 3 N–H and O–H groups in total. The first kappa shape index (κ1) is 14.1. The number of anilines is 3. The van der Waals surface area contributed by atoms with E-state index in [4.69, 9.17) is 10.5 Å². The van der Waals surface area contributed by atoms with Gasteiger partial charge < -0.3 is 15.8 Å². The zero-order chi connectivity index (χ0) is 14.0. The van der Waals surface area contributed by atoms with Gasteiger partial charge in [0.05, 0.1) is 17.3 Å². The lowest BCUT2D eigenvalue weighted by atomic mass is 10.2. The lowest BCUT2D eigenvalue weighted by Crippen LogP contribution is -2.02. The number of nitrogens with one attached hydrogen (secondary N) is 1. The number of hydrogen-bond acceptors (Lipinski definition) is 5. The topological polar surface area (TPSA) is 73.1 Å². The van der Waals surface area contributed by atoms with Gasteiger partial charge >= 0.3 is 0 Å². The highest BCUT2D eigenvalue weighted by Crippen LogP contribution is 2.36. The van der Waals surface area contributed by atoms with Gasteiger partial charge in [0.1, 0.15) is 23.7 Å². The van der Waals surface area contributed by atoms with Crippen LogP contribution in [0.3, 0.4) is 0 Å². The maximum Gasteiger partial charge on any atom is 0.138 e. The molecule has 0 spiro atoms. The summed E-state index contributed by atoms with van der Waals surface area (Å²) in [4.78, 5) is 8.11. The SMILES string of the molecule is COc1cc(Nc2ncnc(N)c2C)c(Br)cc1Br. The number of hydrogen-bond donors (Lipinski definition) is 2. The number of rotatable bonds is 3. The fourth-order valence-electron chi connectivity index (χ4n) is 1.50. The lowest BCUT2D eigenvalue weighted by Gasteiger charge is -2.13. The van der Waals surface area contributed by atoms with Crippen molar-refractivity contribution in [2.75, 3.05) is 18.2 Å². The summed E-state index contributed by atoms with van der Waals surface area (Å²) in [6.07, 6.45) is 1.43. The van der Waals surface area contributed by atoms with Gasteiger partial charge in [0.25, 0.3) is 0 Å². The molecule has 2 aromatic rings. The number of ether oxygens (including phenoxy) is 1. The van der Waals surface area contributed by atoms with Crippen molar-refractivity contribution in [2.24, 2.45) is 0 Å². The van der Waals surface area contributed by atoms with Crippen LogP contribution in [0.15, 0.2) is 27.4 Å². The van der Waals surface area contributed by atoms with Crippen LogP contribution in [-0.2, 0) is 0 Å². The van der Waals surface area contributed by atoms with Crippen LogP contribution >= 0.6 is 31.9 Å². The third-order valence-electron chi connectivity index (χ3n) is 2.62. The molecule has 1 aromatic heterocycles. The highest BCUT2D eigenvalue weighted by Gasteiger charge is 2.10. The molecule has 5 nitrogen and oxygen atoms in total. The smallest absolute Gasteiger partial charge is 0.138 e. The van der Waals surface area contributed by atoms with Crippen LogP contribution in [-0.4, -0.2) is 17.1 Å². The Morgan fingerprint density at radius 1 is 1.21 bits per heavy atom. The summed E-state index contributed by atoms with van der Waals surface area (Å²) in [5.41, 5.74) is 7.39. The van der Waals surface area contributed by atoms with Crippen molar-refractivity contribution in [3.63, 3.8) is 0 Å². The Labute approximate surface area is 127 Å². The molecule has 0 amide bonds. The van der Waals surface area contributed by atoms with Crippen molar-refractivity contribution in [3.8, 4) is 5.75 Å². The molecule has 0 atom stereocenters. The number of nitrogens with two attached hydrogens (primary N) is 1. The molecule has 0 unspecified atom stereocenters. The lowest BCUT2D eigenvalue weighted by molar-refractivity contribution is 0.412. The van der Waals surface area contributed by atoms with Gasteiger partial charge in [0.2, 0.25) is 0 Å². The van der Waals surface area contributed by atoms with Gasteiger partial charge in [-0.25, -0.2) is 9.97 Å². The van der Waals surface area contributed by atoms with E-state index in [0.29, 0.717) is 11.6 Å². The molecule has 0 aliphatic heterocycles. The van der Waals surface area contributed by atoms with Crippen molar-refractivity contribution in [1.82, 2.24) is 9.97 Å². The van der Waals surface area contributed by atoms with Gasteiger partial charge in [-0.15, -0.1) is 0 Å². The van der Waals surface area contributed by atoms with Gasteiger partial charge in [0, 0.05) is 16.1 Å². The van der Waals surface area contributed by atoms with Gasteiger partial charge in [-0.1, -0.05) is 0 Å². The molecule has 0 saturated carbocycles. The highest BCUT2D eigenvalue weighted by molar-refractivity contribution is 9.11. The number of methoxy groups -OCH3 is 1. The number of nitrogens with zero attached hydrogens (tertiary/aromatic N) is 2. The summed E-state index contributed by atoms with van der Waals surface area (Å²) in [5.74, 6) is 1.85. The predicted octanol–water partition coefficient (Wildman–Crippen LogP) is 3.64. The second-order valence-electron chi connectivity index (χ2n) is 3.82. The molecule has 100 valence electrons. The second-order valence-corrected chi connectivity index (χ2v) is 5.53. The minimum atomic E-state index is 0.456. The van der Waals surface area contributed by atoms with Crippen LogP contribution in [0.2, 0.25) is 0 Å². The van der Waals surface area contributed by atoms with Crippen molar-refractivity contribution >= 4 is 49.2 Å². The van der Waals surface area contributed by atoms with Crippen molar-refractivity contribution < 1.29 is 4.74 Å². The zero-order valence-electron chi connectivity index (χ0n) is 10.4. The molecule has 0 fully saturated rings. The van der Waals surface area contributed by atoms with E-state index >= 15 is 0 Å². The first-order valence-electron chi connectivity index (χ1n) is 5.40. The Kier molecular flexibility index (Phi) is 4.26. The van der Waals surface area contributed by atoms with Crippen LogP contribution in [0, 0.1) is 6.92 Å².